The van der Waals surface area contributed by atoms with E-state index in [0.29, 0.717) is 30.3 Å². The van der Waals surface area contributed by atoms with Gasteiger partial charge in [0.2, 0.25) is 0 Å². The Morgan fingerprint density at radius 3 is 2.00 bits per heavy atom. The van der Waals surface area contributed by atoms with Crippen molar-refractivity contribution in [2.24, 2.45) is 9.98 Å². The largest absolute Gasteiger partial charge is 1.19 e. The topological polar surface area (TPSA) is 52.4 Å². The van der Waals surface area contributed by atoms with E-state index in [2.05, 4.69) is 23.0 Å². The van der Waals surface area contributed by atoms with E-state index >= 15 is 0 Å². The molecule has 2 aromatic carbocycles. The summed E-state index contributed by atoms with van der Waals surface area (Å²) in [7, 11) is 0. The van der Waals surface area contributed by atoms with Crippen LogP contribution in [0, 0.1) is 6.08 Å². The van der Waals surface area contributed by atoms with Gasteiger partial charge in [-0.2, -0.15) is 6.42 Å². The molecule has 0 amide bonds. The van der Waals surface area contributed by atoms with Crippen molar-refractivity contribution in [3.05, 3.63) is 71.5 Å². The van der Waals surface area contributed by atoms with E-state index in [4.69, 9.17) is 11.4 Å². The van der Waals surface area contributed by atoms with Gasteiger partial charge in [0.15, 0.2) is 0 Å². The summed E-state index contributed by atoms with van der Waals surface area (Å²) < 4.78 is 18.5. The van der Waals surface area contributed by atoms with Crippen LogP contribution in [0.2, 0.25) is 0 Å². The molecule has 0 bridgehead atoms. The molecule has 2 aromatic rings. The number of allylic oxidation sites excluding steroid dienone is 2. The summed E-state index contributed by atoms with van der Waals surface area (Å²) in [5.74, 6) is 2.09. The van der Waals surface area contributed by atoms with Crippen LogP contribution in [-0.4, -0.2) is 40.7 Å². The van der Waals surface area contributed by atoms with Crippen LogP contribution in [0.5, 0.6) is 11.5 Å². The second-order valence-electron chi connectivity index (χ2n) is 6.27. The van der Waals surface area contributed by atoms with Crippen molar-refractivity contribution in [3.63, 3.8) is 0 Å². The third kappa shape index (κ3) is 7.72. The molecule has 0 unspecified atom stereocenters. The van der Waals surface area contributed by atoms with E-state index in [1.165, 1.54) is 0 Å². The van der Waals surface area contributed by atoms with Crippen LogP contribution >= 0.6 is 0 Å². The molecule has 1 heterocycles. The third-order valence-corrected chi connectivity index (χ3v) is 5.44. The maximum absolute atomic E-state index is 6.22. The molecule has 0 N–H and O–H groups in total. The average Bonchev–Trinajstić information content (AvgIpc) is 2.72. The summed E-state index contributed by atoms with van der Waals surface area (Å²) in [6, 6.07) is 15.5. The van der Waals surface area contributed by atoms with Crippen LogP contribution in [0.25, 0.3) is 0 Å². The summed E-state index contributed by atoms with van der Waals surface area (Å²) in [5.41, 5.74) is 1.78. The Morgan fingerprint density at radius 2 is 1.48 bits per heavy atom. The normalized spacial score (nSPS) is 14.0. The molecule has 0 saturated carbocycles. The van der Waals surface area contributed by atoms with Crippen molar-refractivity contribution in [2.75, 3.05) is 13.1 Å². The third-order valence-electron chi connectivity index (χ3n) is 4.00. The molecule has 147 valence electrons. The van der Waals surface area contributed by atoms with Gasteiger partial charge in [0, 0.05) is 56.3 Å². The average molecular weight is 480 g/mol. The van der Waals surface area contributed by atoms with Crippen molar-refractivity contribution >= 4 is 27.6 Å². The fraction of sp³-hybridized carbons (Fsp3) is 0.273. The van der Waals surface area contributed by atoms with Crippen LogP contribution in [-0.2, 0) is 36.5 Å². The van der Waals surface area contributed by atoms with Crippen molar-refractivity contribution in [1.29, 1.82) is 0 Å². The molecule has 3 rings (SSSR count). The molecular formula is C22H24AlN2O3Y-. The summed E-state index contributed by atoms with van der Waals surface area (Å²) in [6.45, 7) is 5.21. The first-order chi connectivity index (χ1) is 13.8. The molecule has 29 heavy (non-hydrogen) atoms. The first-order valence-corrected chi connectivity index (χ1v) is 10.9. The molecular weight excluding hydrogens is 456 g/mol. The van der Waals surface area contributed by atoms with Crippen molar-refractivity contribution < 1.29 is 44.1 Å². The van der Waals surface area contributed by atoms with Crippen LogP contribution in [0.3, 0.4) is 0 Å². The number of para-hydroxylation sites is 2. The quantitative estimate of drug-likeness (QED) is 0.368. The van der Waals surface area contributed by atoms with Crippen LogP contribution < -0.4 is 7.58 Å². The standard InChI is InChI=1S/C16H16N2O2.C6H11O.Al.Y/c19-15-7-3-1-5-13(15)11-17-9-10-18-12-14-6-2-4-8-16(14)20;1-3-4-5-6(2)7;;/h1-8,11-12,19-20H,9-10H2;7H,3-4H2,1-2H3;;/q;-1;+3;/p-3. The minimum absolute atomic E-state index is 0. The molecule has 0 aliphatic carbocycles. The Bertz CT molecular complexity index is 811. The number of fused-ring (bicyclic) bond motifs is 2. The predicted molar refractivity (Wildman–Crippen MR) is 113 cm³/mol. The number of hydrogen-bond donors (Lipinski definition) is 0. The Labute approximate surface area is 203 Å². The molecule has 5 nitrogen and oxygen atoms in total. The Morgan fingerprint density at radius 1 is 0.966 bits per heavy atom. The smallest absolute Gasteiger partial charge is 0.610 e. The van der Waals surface area contributed by atoms with Crippen molar-refractivity contribution in [3.8, 4) is 11.5 Å². The van der Waals surface area contributed by atoms with Gasteiger partial charge in [-0.1, -0.05) is 37.6 Å². The second-order valence-corrected chi connectivity index (χ2v) is 7.56. The second kappa shape index (κ2) is 13.0. The van der Waals surface area contributed by atoms with Crippen molar-refractivity contribution in [2.45, 2.75) is 26.7 Å². The summed E-state index contributed by atoms with van der Waals surface area (Å²) in [4.78, 5) is 8.91. The van der Waals surface area contributed by atoms with Gasteiger partial charge in [-0.05, 0) is 31.2 Å². The van der Waals surface area contributed by atoms with Gasteiger partial charge in [-0.15, -0.1) is 5.76 Å². The first-order valence-electron chi connectivity index (χ1n) is 9.51. The Hall–Kier alpha value is -1.44. The van der Waals surface area contributed by atoms with Gasteiger partial charge in [0.1, 0.15) is 0 Å². The minimum Gasteiger partial charge on any atom is -0.610 e. The molecule has 0 atom stereocenters. The van der Waals surface area contributed by atoms with Crippen molar-refractivity contribution in [1.82, 2.24) is 0 Å². The van der Waals surface area contributed by atoms with E-state index in [0.717, 1.165) is 24.0 Å². The molecule has 7 heteroatoms. The molecule has 0 spiro atoms. The molecule has 1 radical (unpaired) electrons. The van der Waals surface area contributed by atoms with Crippen LogP contribution in [0.1, 0.15) is 37.8 Å². The zero-order chi connectivity index (χ0) is 19.6. The number of hydrogen-bond acceptors (Lipinski definition) is 5. The maximum Gasteiger partial charge on any atom is 1.19 e. The molecule has 0 saturated heterocycles. The predicted octanol–water partition coefficient (Wildman–Crippen LogP) is 4.50. The summed E-state index contributed by atoms with van der Waals surface area (Å²) in [6.07, 6.45) is 8.71. The van der Waals surface area contributed by atoms with E-state index in [1.807, 2.05) is 67.9 Å². The van der Waals surface area contributed by atoms with Gasteiger partial charge >= 0.3 is 15.1 Å². The number of nitrogens with zero attached hydrogens (tertiary/aromatic N) is 2. The molecule has 0 fully saturated rings. The molecule has 0 aromatic heterocycles. The first kappa shape index (κ1) is 23.8. The zero-order valence-corrected chi connectivity index (χ0v) is 20.9. The molecule has 1 aliphatic heterocycles. The number of aliphatic imine (C=N–C) groups is 2. The van der Waals surface area contributed by atoms with E-state index < -0.39 is 15.1 Å². The van der Waals surface area contributed by atoms with Crippen LogP contribution in [0.15, 0.2) is 64.3 Å². The van der Waals surface area contributed by atoms with Gasteiger partial charge in [0.05, 0.1) is 24.6 Å². The number of unbranched alkanes of at least 4 members (excludes halogenated alkanes) is 1. The van der Waals surface area contributed by atoms with Gasteiger partial charge in [-0.25, -0.2) is 0 Å². The summed E-state index contributed by atoms with van der Waals surface area (Å²) >= 11 is -2.60. The zero-order valence-electron chi connectivity index (χ0n) is 16.9. The molecule has 1 aliphatic rings. The monoisotopic (exact) mass is 480 g/mol. The number of rotatable bonds is 4. The van der Waals surface area contributed by atoms with E-state index in [9.17, 15) is 0 Å². The maximum atomic E-state index is 6.22. The fourth-order valence-corrected chi connectivity index (χ4v) is 3.96. The van der Waals surface area contributed by atoms with E-state index in [1.54, 1.807) is 0 Å². The number of benzene rings is 2. The minimum atomic E-state index is -2.60. The Kier molecular flexibility index (Phi) is 10.7. The van der Waals surface area contributed by atoms with E-state index in [-0.39, 0.29) is 32.7 Å². The van der Waals surface area contributed by atoms with Gasteiger partial charge in [0.25, 0.3) is 0 Å². The van der Waals surface area contributed by atoms with Crippen LogP contribution in [0.4, 0.5) is 0 Å². The Balaban J connectivity index is 0.00000300. The SMILES string of the molecule is CCC[C-]=C(C)[O][Al]1[O]c2ccccc2C=NCCN=Cc2ccccc2[O]1.[Y]. The fourth-order valence-electron chi connectivity index (χ4n) is 2.60. The van der Waals surface area contributed by atoms with Gasteiger partial charge in [-0.3, -0.25) is 9.98 Å². The van der Waals surface area contributed by atoms with Gasteiger partial charge < -0.3 is 17.4 Å². The summed E-state index contributed by atoms with van der Waals surface area (Å²) in [5, 5.41) is 0.